The minimum atomic E-state index is -4.06. The van der Waals surface area contributed by atoms with Gasteiger partial charge in [-0.3, -0.25) is 15.4 Å². The number of likely N-dealkylation sites (tertiary alicyclic amines) is 1. The normalized spacial score (nSPS) is 19.2. The average Bonchev–Trinajstić information content (AvgIpc) is 2.84. The molecule has 33 heavy (non-hydrogen) atoms. The largest absolute Gasteiger partial charge is 0.494 e. The molecule has 5 N–H and O–H groups in total. The topological polar surface area (TPSA) is 152 Å². The molecule has 3 rings (SSSR count). The van der Waals surface area contributed by atoms with Crippen molar-refractivity contribution >= 4 is 27.6 Å². The Bertz CT molecular complexity index is 923. The van der Waals surface area contributed by atoms with Crippen LogP contribution < -0.4 is 20.9 Å². The lowest BCUT2D eigenvalue weighted by atomic mass is 9.95. The van der Waals surface area contributed by atoms with Gasteiger partial charge in [0.05, 0.1) is 6.61 Å². The van der Waals surface area contributed by atoms with Gasteiger partial charge in [-0.15, -0.1) is 0 Å². The second-order valence-electron chi connectivity index (χ2n) is 8.39. The first-order valence-corrected chi connectivity index (χ1v) is 12.7. The van der Waals surface area contributed by atoms with E-state index in [1.54, 1.807) is 5.48 Å². The van der Waals surface area contributed by atoms with Gasteiger partial charge in [0.2, 0.25) is 10.0 Å². The van der Waals surface area contributed by atoms with Gasteiger partial charge in [0.15, 0.2) is 10.7 Å². The number of nitrogens with zero attached hydrogens (tertiary/aromatic N) is 3. The zero-order valence-electron chi connectivity index (χ0n) is 19.0. The first-order valence-electron chi connectivity index (χ1n) is 11.3. The molecule has 0 unspecified atom stereocenters. The molecule has 0 bridgehead atoms. The van der Waals surface area contributed by atoms with E-state index in [-0.39, 0.29) is 45.0 Å². The highest BCUT2D eigenvalue weighted by molar-refractivity contribution is 7.91. The van der Waals surface area contributed by atoms with Crippen molar-refractivity contribution in [3.63, 3.8) is 0 Å². The molecule has 0 saturated carbocycles. The van der Waals surface area contributed by atoms with Gasteiger partial charge in [-0.05, 0) is 43.5 Å². The molecule has 0 spiro atoms. The minimum absolute atomic E-state index is 0.0545. The number of anilines is 1. The maximum atomic E-state index is 13.6. The van der Waals surface area contributed by atoms with Crippen LogP contribution in [0.25, 0.3) is 0 Å². The molecule has 0 aromatic heterocycles. The fourth-order valence-electron chi connectivity index (χ4n) is 4.33. The molecule has 1 aromatic rings. The van der Waals surface area contributed by atoms with Gasteiger partial charge in [-0.25, -0.2) is 13.9 Å². The van der Waals surface area contributed by atoms with E-state index < -0.39 is 20.7 Å². The van der Waals surface area contributed by atoms with Crippen LogP contribution in [0.1, 0.15) is 32.6 Å². The SMILES string of the molecule is CCCCOc1ccc(N2CCN(S(=O)(=O)C3(C(=O)NO)CCN(C(=N)N)CC3)CC2)cc1. The van der Waals surface area contributed by atoms with Crippen molar-refractivity contribution in [2.75, 3.05) is 50.8 Å². The third-order valence-electron chi connectivity index (χ3n) is 6.47. The van der Waals surface area contributed by atoms with Crippen molar-refractivity contribution in [1.82, 2.24) is 14.7 Å². The van der Waals surface area contributed by atoms with E-state index >= 15 is 0 Å². The number of unbranched alkanes of at least 4 members (excludes halogenated alkanes) is 1. The zero-order chi connectivity index (χ0) is 24.1. The summed E-state index contributed by atoms with van der Waals surface area (Å²) < 4.78 is 32.4. The van der Waals surface area contributed by atoms with Crippen molar-refractivity contribution in [3.05, 3.63) is 24.3 Å². The predicted molar refractivity (Wildman–Crippen MR) is 125 cm³/mol. The highest BCUT2D eigenvalue weighted by Gasteiger charge is 2.55. The van der Waals surface area contributed by atoms with Gasteiger partial charge in [-0.2, -0.15) is 4.31 Å². The maximum Gasteiger partial charge on any atom is 0.266 e. The Morgan fingerprint density at radius 2 is 1.76 bits per heavy atom. The predicted octanol–water partition coefficient (Wildman–Crippen LogP) is 0.551. The van der Waals surface area contributed by atoms with E-state index in [0.717, 1.165) is 24.3 Å². The highest BCUT2D eigenvalue weighted by Crippen LogP contribution is 2.34. The Kier molecular flexibility index (Phi) is 8.03. The van der Waals surface area contributed by atoms with Gasteiger partial charge < -0.3 is 20.3 Å². The number of piperazine rings is 1. The Hall–Kier alpha value is -2.57. The molecular formula is C21H34N6O5S. The fourth-order valence-corrected chi connectivity index (χ4v) is 6.45. The van der Waals surface area contributed by atoms with Crippen LogP contribution in [-0.4, -0.2) is 85.3 Å². The van der Waals surface area contributed by atoms with Crippen LogP contribution in [0.3, 0.4) is 0 Å². The van der Waals surface area contributed by atoms with E-state index in [4.69, 9.17) is 15.9 Å². The van der Waals surface area contributed by atoms with Crippen molar-refractivity contribution in [3.8, 4) is 5.75 Å². The van der Waals surface area contributed by atoms with Crippen molar-refractivity contribution in [2.24, 2.45) is 5.73 Å². The fraction of sp³-hybridized carbons (Fsp3) is 0.619. The Morgan fingerprint density at radius 3 is 2.27 bits per heavy atom. The Morgan fingerprint density at radius 1 is 1.15 bits per heavy atom. The number of hydrogen-bond donors (Lipinski definition) is 4. The lowest BCUT2D eigenvalue weighted by molar-refractivity contribution is -0.133. The van der Waals surface area contributed by atoms with Crippen molar-refractivity contribution in [2.45, 2.75) is 37.4 Å². The molecule has 0 aliphatic carbocycles. The summed E-state index contributed by atoms with van der Waals surface area (Å²) >= 11 is 0. The molecule has 2 heterocycles. The highest BCUT2D eigenvalue weighted by atomic mass is 32.2. The maximum absolute atomic E-state index is 13.6. The monoisotopic (exact) mass is 482 g/mol. The number of nitrogens with two attached hydrogens (primary N) is 1. The van der Waals surface area contributed by atoms with Crippen LogP contribution in [0.2, 0.25) is 0 Å². The van der Waals surface area contributed by atoms with E-state index in [9.17, 15) is 18.4 Å². The van der Waals surface area contributed by atoms with Crippen LogP contribution in [0.5, 0.6) is 5.75 Å². The molecular weight excluding hydrogens is 448 g/mol. The first kappa shape index (κ1) is 25.1. The van der Waals surface area contributed by atoms with Gasteiger partial charge in [0.1, 0.15) is 5.75 Å². The quantitative estimate of drug-likeness (QED) is 0.138. The van der Waals surface area contributed by atoms with Gasteiger partial charge in [-0.1, -0.05) is 13.3 Å². The molecule has 2 fully saturated rings. The van der Waals surface area contributed by atoms with Crippen LogP contribution >= 0.6 is 0 Å². The third kappa shape index (κ3) is 5.17. The van der Waals surface area contributed by atoms with Crippen LogP contribution in [0.4, 0.5) is 5.69 Å². The van der Waals surface area contributed by atoms with E-state index in [1.165, 1.54) is 9.21 Å². The molecule has 2 aliphatic heterocycles. The van der Waals surface area contributed by atoms with Crippen LogP contribution in [0, 0.1) is 5.41 Å². The molecule has 2 saturated heterocycles. The summed E-state index contributed by atoms with van der Waals surface area (Å²) in [7, 11) is -4.06. The lowest BCUT2D eigenvalue weighted by Gasteiger charge is -2.44. The Labute approximate surface area is 195 Å². The number of hydroxylamine groups is 1. The summed E-state index contributed by atoms with van der Waals surface area (Å²) in [5.74, 6) is -0.296. The summed E-state index contributed by atoms with van der Waals surface area (Å²) in [6.07, 6.45) is 1.96. The molecule has 0 radical (unpaired) electrons. The van der Waals surface area contributed by atoms with Gasteiger partial charge >= 0.3 is 0 Å². The summed E-state index contributed by atoms with van der Waals surface area (Å²) in [5, 5.41) is 16.9. The standard InChI is InChI=1S/C21H34N6O5S/c1-2-3-16-32-18-6-4-17(5-7-18)25-12-14-27(15-13-25)33(30,31)21(19(28)24-29)8-10-26(11-9-21)20(22)23/h4-7,29H,2-3,8-16H2,1H3,(H3,22,23)(H,24,28). The second-order valence-corrected chi connectivity index (χ2v) is 10.6. The van der Waals surface area contributed by atoms with Crippen molar-refractivity contribution < 1.29 is 23.2 Å². The molecule has 11 nitrogen and oxygen atoms in total. The number of carbonyl (C=O) groups excluding carboxylic acids is 1. The summed E-state index contributed by atoms with van der Waals surface area (Å²) in [6.45, 7) is 4.50. The number of sulfonamides is 1. The summed E-state index contributed by atoms with van der Waals surface area (Å²) in [4.78, 5) is 16.2. The van der Waals surface area contributed by atoms with Crippen LogP contribution in [-0.2, 0) is 14.8 Å². The number of rotatable bonds is 8. The second kappa shape index (κ2) is 10.6. The third-order valence-corrected chi connectivity index (χ3v) is 9.09. The first-order chi connectivity index (χ1) is 15.7. The number of guanidine groups is 1. The average molecular weight is 483 g/mol. The lowest BCUT2D eigenvalue weighted by Crippen LogP contribution is -2.64. The Balaban J connectivity index is 1.67. The molecule has 184 valence electrons. The number of benzene rings is 1. The molecule has 12 heteroatoms. The smallest absolute Gasteiger partial charge is 0.266 e. The summed E-state index contributed by atoms with van der Waals surface area (Å²) in [5.41, 5.74) is 8.04. The van der Waals surface area contributed by atoms with Crippen LogP contribution in [0.15, 0.2) is 24.3 Å². The van der Waals surface area contributed by atoms with Crippen molar-refractivity contribution in [1.29, 1.82) is 5.41 Å². The summed E-state index contributed by atoms with van der Waals surface area (Å²) in [6, 6.07) is 7.75. The van der Waals surface area contributed by atoms with E-state index in [1.807, 2.05) is 24.3 Å². The zero-order valence-corrected chi connectivity index (χ0v) is 19.8. The number of nitrogens with one attached hydrogen (secondary N) is 2. The number of hydrogen-bond acceptors (Lipinski definition) is 7. The van der Waals surface area contributed by atoms with Gasteiger partial charge in [0.25, 0.3) is 5.91 Å². The van der Waals surface area contributed by atoms with E-state index in [0.29, 0.717) is 19.7 Å². The number of amides is 1. The molecule has 1 amide bonds. The number of carbonyl (C=O) groups is 1. The molecule has 1 aromatic carbocycles. The van der Waals surface area contributed by atoms with E-state index in [2.05, 4.69) is 11.8 Å². The number of ether oxygens (including phenoxy) is 1. The number of piperidine rings is 1. The minimum Gasteiger partial charge on any atom is -0.494 e. The van der Waals surface area contributed by atoms with Gasteiger partial charge in [0, 0.05) is 45.0 Å². The molecule has 0 atom stereocenters. The molecule has 2 aliphatic rings.